The van der Waals surface area contributed by atoms with Crippen molar-refractivity contribution in [3.63, 3.8) is 0 Å². The van der Waals surface area contributed by atoms with Crippen molar-refractivity contribution in [2.24, 2.45) is 5.73 Å². The molecular weight excluding hydrogens is 410 g/mol. The number of nitrogens with two attached hydrogens (primary N) is 1. The molecule has 3 rings (SSSR count). The Kier molecular flexibility index (Phi) is 4.56. The lowest BCUT2D eigenvalue weighted by molar-refractivity contribution is -0.00549. The SMILES string of the molecule is NC(COC1CCC1)c1noc(-c2cc(Br)c(Br)s2)n1. The Balaban J connectivity index is 1.66. The summed E-state index contributed by atoms with van der Waals surface area (Å²) < 4.78 is 12.9. The van der Waals surface area contributed by atoms with Gasteiger partial charge in [0.1, 0.15) is 0 Å². The number of rotatable bonds is 5. The minimum absolute atomic E-state index is 0.347. The van der Waals surface area contributed by atoms with Crippen LogP contribution in [0.15, 0.2) is 18.8 Å². The summed E-state index contributed by atoms with van der Waals surface area (Å²) in [5, 5.41) is 3.94. The van der Waals surface area contributed by atoms with Crippen molar-refractivity contribution in [3.05, 3.63) is 20.1 Å². The molecule has 20 heavy (non-hydrogen) atoms. The molecule has 8 heteroatoms. The highest BCUT2D eigenvalue weighted by atomic mass is 79.9. The maximum Gasteiger partial charge on any atom is 0.268 e. The Hall–Kier alpha value is -0.280. The van der Waals surface area contributed by atoms with E-state index in [1.54, 1.807) is 0 Å². The molecule has 0 spiro atoms. The van der Waals surface area contributed by atoms with Gasteiger partial charge < -0.3 is 15.0 Å². The number of hydrogen-bond acceptors (Lipinski definition) is 6. The van der Waals surface area contributed by atoms with Crippen LogP contribution in [0.2, 0.25) is 0 Å². The van der Waals surface area contributed by atoms with Crippen LogP contribution < -0.4 is 5.73 Å². The topological polar surface area (TPSA) is 74.2 Å². The van der Waals surface area contributed by atoms with Gasteiger partial charge in [-0.05, 0) is 57.2 Å². The normalized spacial score (nSPS) is 17.1. The number of aromatic nitrogens is 2. The van der Waals surface area contributed by atoms with E-state index in [-0.39, 0.29) is 6.04 Å². The molecule has 1 aliphatic rings. The molecule has 1 aliphatic carbocycles. The summed E-state index contributed by atoms with van der Waals surface area (Å²) in [5.74, 6) is 0.968. The van der Waals surface area contributed by atoms with Crippen LogP contribution in [-0.2, 0) is 4.74 Å². The van der Waals surface area contributed by atoms with Gasteiger partial charge in [0.25, 0.3) is 5.89 Å². The molecule has 0 radical (unpaired) electrons. The van der Waals surface area contributed by atoms with Gasteiger partial charge in [0.05, 0.1) is 27.4 Å². The summed E-state index contributed by atoms with van der Waals surface area (Å²) in [5.41, 5.74) is 6.02. The first-order valence-corrected chi connectivity index (χ1v) is 8.69. The highest BCUT2D eigenvalue weighted by Gasteiger charge is 2.22. The van der Waals surface area contributed by atoms with E-state index in [9.17, 15) is 0 Å². The molecule has 1 atom stereocenters. The zero-order chi connectivity index (χ0) is 14.1. The zero-order valence-corrected chi connectivity index (χ0v) is 14.5. The number of nitrogens with zero attached hydrogens (tertiary/aromatic N) is 2. The molecule has 0 amide bonds. The van der Waals surface area contributed by atoms with Crippen LogP contribution in [0.3, 0.4) is 0 Å². The molecule has 0 bridgehead atoms. The Bertz CT molecular complexity index is 578. The largest absolute Gasteiger partial charge is 0.376 e. The van der Waals surface area contributed by atoms with Crippen LogP contribution in [0.1, 0.15) is 31.1 Å². The molecule has 1 unspecified atom stereocenters. The third-order valence-corrected chi connectivity index (χ3v) is 6.44. The van der Waals surface area contributed by atoms with Gasteiger partial charge in [-0.25, -0.2) is 0 Å². The Morgan fingerprint density at radius 2 is 2.30 bits per heavy atom. The van der Waals surface area contributed by atoms with E-state index < -0.39 is 0 Å². The maximum absolute atomic E-state index is 6.02. The van der Waals surface area contributed by atoms with Crippen LogP contribution in [0, 0.1) is 0 Å². The van der Waals surface area contributed by atoms with E-state index in [0.717, 1.165) is 26.0 Å². The lowest BCUT2D eigenvalue weighted by atomic mass is 9.96. The molecule has 5 nitrogen and oxygen atoms in total. The molecule has 2 heterocycles. The zero-order valence-electron chi connectivity index (χ0n) is 10.5. The molecule has 2 N–H and O–H groups in total. The van der Waals surface area contributed by atoms with Crippen molar-refractivity contribution in [3.8, 4) is 10.8 Å². The van der Waals surface area contributed by atoms with Gasteiger partial charge in [0, 0.05) is 4.47 Å². The lowest BCUT2D eigenvalue weighted by Crippen LogP contribution is -2.27. The molecule has 108 valence electrons. The van der Waals surface area contributed by atoms with E-state index >= 15 is 0 Å². The summed E-state index contributed by atoms with van der Waals surface area (Å²) >= 11 is 8.40. The lowest BCUT2D eigenvalue weighted by Gasteiger charge is -2.26. The highest BCUT2D eigenvalue weighted by molar-refractivity contribution is 9.13. The fraction of sp³-hybridized carbons (Fsp3) is 0.500. The van der Waals surface area contributed by atoms with Gasteiger partial charge in [0.15, 0.2) is 5.82 Å². The molecule has 0 saturated heterocycles. The first-order valence-electron chi connectivity index (χ1n) is 6.29. The summed E-state index contributed by atoms with van der Waals surface area (Å²) in [6.07, 6.45) is 3.86. The van der Waals surface area contributed by atoms with Gasteiger partial charge >= 0.3 is 0 Å². The first-order chi connectivity index (χ1) is 9.63. The van der Waals surface area contributed by atoms with Crippen LogP contribution >= 0.6 is 43.2 Å². The quantitative estimate of drug-likeness (QED) is 0.790. The molecule has 2 aromatic rings. The van der Waals surface area contributed by atoms with E-state index in [1.165, 1.54) is 17.8 Å². The van der Waals surface area contributed by atoms with Crippen LogP contribution in [0.4, 0.5) is 0 Å². The minimum atomic E-state index is -0.347. The number of halogens is 2. The summed E-state index contributed by atoms with van der Waals surface area (Å²) in [6, 6.07) is 1.59. The van der Waals surface area contributed by atoms with E-state index in [1.807, 2.05) is 6.07 Å². The molecule has 2 aromatic heterocycles. The van der Waals surface area contributed by atoms with Crippen molar-refractivity contribution >= 4 is 43.2 Å². The van der Waals surface area contributed by atoms with Crippen LogP contribution in [-0.4, -0.2) is 22.9 Å². The average molecular weight is 423 g/mol. The van der Waals surface area contributed by atoms with Gasteiger partial charge in [-0.3, -0.25) is 0 Å². The number of hydrogen-bond donors (Lipinski definition) is 1. The van der Waals surface area contributed by atoms with E-state index in [0.29, 0.717) is 24.4 Å². The number of ether oxygens (including phenoxy) is 1. The predicted octanol–water partition coefficient (Wildman–Crippen LogP) is 3.89. The van der Waals surface area contributed by atoms with Crippen molar-refractivity contribution < 1.29 is 9.26 Å². The molecular formula is C12H13Br2N3O2S. The summed E-state index contributed by atoms with van der Waals surface area (Å²) in [6.45, 7) is 0.432. The van der Waals surface area contributed by atoms with Crippen molar-refractivity contribution in [2.75, 3.05) is 6.61 Å². The summed E-state index contributed by atoms with van der Waals surface area (Å²) in [7, 11) is 0. The second-order valence-electron chi connectivity index (χ2n) is 4.68. The third kappa shape index (κ3) is 3.14. The van der Waals surface area contributed by atoms with Crippen molar-refractivity contribution in [1.82, 2.24) is 10.1 Å². The fourth-order valence-corrected chi connectivity index (χ4v) is 3.75. The Labute approximate surface area is 137 Å². The van der Waals surface area contributed by atoms with Crippen LogP contribution in [0.25, 0.3) is 10.8 Å². The van der Waals surface area contributed by atoms with E-state index in [2.05, 4.69) is 42.0 Å². The fourth-order valence-electron chi connectivity index (χ4n) is 1.79. The second kappa shape index (κ2) is 6.23. The monoisotopic (exact) mass is 421 g/mol. The van der Waals surface area contributed by atoms with E-state index in [4.69, 9.17) is 15.0 Å². The molecule has 1 saturated carbocycles. The van der Waals surface area contributed by atoms with Gasteiger partial charge in [-0.15, -0.1) is 11.3 Å². The standard InChI is InChI=1S/C12H13Br2N3O2S/c13-7-4-9(20-10(7)14)12-16-11(17-19-12)8(15)5-18-6-2-1-3-6/h4,6,8H,1-3,5,15H2. The summed E-state index contributed by atoms with van der Waals surface area (Å²) in [4.78, 5) is 5.24. The van der Waals surface area contributed by atoms with Gasteiger partial charge in [-0.1, -0.05) is 5.16 Å². The van der Waals surface area contributed by atoms with Gasteiger partial charge in [0.2, 0.25) is 0 Å². The smallest absolute Gasteiger partial charge is 0.268 e. The van der Waals surface area contributed by atoms with Crippen LogP contribution in [0.5, 0.6) is 0 Å². The minimum Gasteiger partial charge on any atom is -0.376 e. The Morgan fingerprint density at radius 3 is 2.90 bits per heavy atom. The number of thiophene rings is 1. The molecule has 1 fully saturated rings. The molecule has 0 aromatic carbocycles. The third-order valence-electron chi connectivity index (χ3n) is 3.19. The van der Waals surface area contributed by atoms with Crippen molar-refractivity contribution in [1.29, 1.82) is 0 Å². The highest BCUT2D eigenvalue weighted by Crippen LogP contribution is 2.37. The first kappa shape index (κ1) is 14.6. The predicted molar refractivity (Wildman–Crippen MR) is 83.5 cm³/mol. The molecule has 0 aliphatic heterocycles. The van der Waals surface area contributed by atoms with Crippen molar-refractivity contribution in [2.45, 2.75) is 31.4 Å². The maximum atomic E-state index is 6.02. The van der Waals surface area contributed by atoms with Gasteiger partial charge in [-0.2, -0.15) is 4.98 Å². The Morgan fingerprint density at radius 1 is 1.50 bits per heavy atom. The average Bonchev–Trinajstić information content (AvgIpc) is 2.95. The second-order valence-corrected chi connectivity index (χ2v) is 7.91.